The fraction of sp³-hybridized carbons (Fsp3) is 0. The predicted octanol–water partition coefficient (Wildman–Crippen LogP) is -11.6. The SMILES string of the molecule is [Cl-].[Cl-].[Cl-].[Cl-].[Co+3].[NH4+]. The van der Waals surface area contributed by atoms with Crippen molar-refractivity contribution in [3.8, 4) is 0 Å². The predicted molar refractivity (Wildman–Crippen MR) is 5.98 cm³/mol. The largest absolute Gasteiger partial charge is 3.00 e. The van der Waals surface area contributed by atoms with Gasteiger partial charge in [0.25, 0.3) is 0 Å². The monoisotopic (exact) mass is 217 g/mol. The van der Waals surface area contributed by atoms with Gasteiger partial charge in [0.1, 0.15) is 0 Å². The molecule has 0 aromatic heterocycles. The van der Waals surface area contributed by atoms with Gasteiger partial charge in [-0.05, 0) is 0 Å². The third-order valence-corrected chi connectivity index (χ3v) is 0. The molecule has 6 heavy (non-hydrogen) atoms. The third-order valence-electron chi connectivity index (χ3n) is 0. The molecule has 0 spiro atoms. The van der Waals surface area contributed by atoms with Crippen LogP contribution in [0.1, 0.15) is 0 Å². The second kappa shape index (κ2) is 79.3. The molecule has 0 saturated heterocycles. The summed E-state index contributed by atoms with van der Waals surface area (Å²) < 4.78 is 0. The number of rotatable bonds is 0. The van der Waals surface area contributed by atoms with Gasteiger partial charge >= 0.3 is 16.8 Å². The summed E-state index contributed by atoms with van der Waals surface area (Å²) in [6, 6.07) is 0. The van der Waals surface area contributed by atoms with Crippen molar-refractivity contribution >= 4 is 0 Å². The maximum Gasteiger partial charge on any atom is 3.00 e. The normalized spacial score (nSPS) is 0. The Morgan fingerprint density at radius 3 is 0.500 bits per heavy atom. The summed E-state index contributed by atoms with van der Waals surface area (Å²) >= 11 is 0. The Hall–Kier alpha value is 1.63. The van der Waals surface area contributed by atoms with Crippen molar-refractivity contribution in [2.24, 2.45) is 0 Å². The van der Waals surface area contributed by atoms with E-state index in [0.717, 1.165) is 0 Å². The summed E-state index contributed by atoms with van der Waals surface area (Å²) in [5, 5.41) is 0. The molecular weight excluding hydrogens is 215 g/mol. The topological polar surface area (TPSA) is 36.5 Å². The molecule has 0 bridgehead atoms. The quantitative estimate of drug-likeness (QED) is 0.420. The molecule has 0 aromatic rings. The summed E-state index contributed by atoms with van der Waals surface area (Å²) in [7, 11) is 0. The fourth-order valence-electron chi connectivity index (χ4n) is 0. The summed E-state index contributed by atoms with van der Waals surface area (Å²) in [5.41, 5.74) is 0. The van der Waals surface area contributed by atoms with E-state index in [9.17, 15) is 0 Å². The van der Waals surface area contributed by atoms with Crippen LogP contribution >= 0.6 is 0 Å². The van der Waals surface area contributed by atoms with Crippen LogP contribution in [-0.2, 0) is 16.8 Å². The van der Waals surface area contributed by atoms with Gasteiger partial charge in [-0.15, -0.1) is 0 Å². The molecule has 0 rings (SSSR count). The van der Waals surface area contributed by atoms with Crippen molar-refractivity contribution in [1.82, 2.24) is 6.15 Å². The van der Waals surface area contributed by atoms with Crippen molar-refractivity contribution < 1.29 is 66.4 Å². The van der Waals surface area contributed by atoms with Crippen LogP contribution in [0.5, 0.6) is 0 Å². The molecule has 4 N–H and O–H groups in total. The Morgan fingerprint density at radius 1 is 0.500 bits per heavy atom. The Morgan fingerprint density at radius 2 is 0.500 bits per heavy atom. The minimum Gasteiger partial charge on any atom is -1.00 e. The summed E-state index contributed by atoms with van der Waals surface area (Å²) in [5.74, 6) is 0. The van der Waals surface area contributed by atoms with Crippen molar-refractivity contribution in [1.29, 1.82) is 0 Å². The molecule has 0 atom stereocenters. The zero-order chi connectivity index (χ0) is 0. The van der Waals surface area contributed by atoms with Crippen LogP contribution in [0.3, 0.4) is 0 Å². The van der Waals surface area contributed by atoms with E-state index in [1.807, 2.05) is 0 Å². The van der Waals surface area contributed by atoms with Gasteiger partial charge in [-0.1, -0.05) is 0 Å². The van der Waals surface area contributed by atoms with Gasteiger partial charge in [0.15, 0.2) is 0 Å². The molecule has 0 aliphatic carbocycles. The van der Waals surface area contributed by atoms with Crippen molar-refractivity contribution in [3.63, 3.8) is 0 Å². The molecule has 0 unspecified atom stereocenters. The molecule has 0 saturated carbocycles. The van der Waals surface area contributed by atoms with E-state index in [-0.39, 0.29) is 72.6 Å². The molecule has 0 aromatic carbocycles. The standard InChI is InChI=1S/4ClH.Co.H3N/h4*1H;;1H3/q;;;;+3;/p-3. The summed E-state index contributed by atoms with van der Waals surface area (Å²) in [6.07, 6.45) is 0. The van der Waals surface area contributed by atoms with Gasteiger partial charge in [0.05, 0.1) is 0 Å². The molecule has 0 aliphatic heterocycles. The third kappa shape index (κ3) is 45.5. The molecule has 0 aliphatic rings. The molecule has 46 valence electrons. The molecule has 0 amide bonds. The molecular formula is H4Cl4CoN. The maximum atomic E-state index is 0. The van der Waals surface area contributed by atoms with Gasteiger partial charge < -0.3 is 55.8 Å². The smallest absolute Gasteiger partial charge is 1.00 e. The first-order chi connectivity index (χ1) is 0. The summed E-state index contributed by atoms with van der Waals surface area (Å²) in [6.45, 7) is 0. The second-order valence-electron chi connectivity index (χ2n) is 0. The number of halogens is 4. The van der Waals surface area contributed by atoms with E-state index >= 15 is 0 Å². The average Bonchev–Trinajstić information content (AvgIpc) is 0. The van der Waals surface area contributed by atoms with E-state index in [1.165, 1.54) is 0 Å². The van der Waals surface area contributed by atoms with Crippen LogP contribution in [0, 0.1) is 0 Å². The minimum absolute atomic E-state index is 0. The number of hydrogen-bond acceptors (Lipinski definition) is 0. The van der Waals surface area contributed by atoms with Gasteiger partial charge in [0.2, 0.25) is 0 Å². The van der Waals surface area contributed by atoms with Crippen LogP contribution in [0.4, 0.5) is 0 Å². The Kier molecular flexibility index (Phi) is 1670. The van der Waals surface area contributed by atoms with Crippen LogP contribution in [0.2, 0.25) is 0 Å². The molecule has 0 fully saturated rings. The van der Waals surface area contributed by atoms with E-state index in [4.69, 9.17) is 0 Å². The minimum atomic E-state index is 0. The van der Waals surface area contributed by atoms with E-state index in [0.29, 0.717) is 0 Å². The zero-order valence-corrected chi connectivity index (χ0v) is 6.91. The van der Waals surface area contributed by atoms with E-state index in [1.54, 1.807) is 0 Å². The number of quaternary nitrogens is 1. The molecule has 0 radical (unpaired) electrons. The van der Waals surface area contributed by atoms with Crippen molar-refractivity contribution in [2.45, 2.75) is 0 Å². The van der Waals surface area contributed by atoms with Crippen LogP contribution in [0.25, 0.3) is 0 Å². The van der Waals surface area contributed by atoms with Crippen molar-refractivity contribution in [3.05, 3.63) is 0 Å². The number of hydrogen-bond donors (Lipinski definition) is 1. The van der Waals surface area contributed by atoms with Crippen LogP contribution in [0.15, 0.2) is 0 Å². The van der Waals surface area contributed by atoms with Crippen molar-refractivity contribution in [2.75, 3.05) is 0 Å². The maximum absolute atomic E-state index is 0. The Balaban J connectivity index is 0. The van der Waals surface area contributed by atoms with E-state index < -0.39 is 0 Å². The van der Waals surface area contributed by atoms with Gasteiger partial charge in [-0.2, -0.15) is 0 Å². The Labute approximate surface area is 72.4 Å². The average molecular weight is 219 g/mol. The first kappa shape index (κ1) is 127. The van der Waals surface area contributed by atoms with Crippen LogP contribution < -0.4 is 55.8 Å². The molecule has 1 nitrogen and oxygen atoms in total. The summed E-state index contributed by atoms with van der Waals surface area (Å²) in [4.78, 5) is 0. The van der Waals surface area contributed by atoms with Gasteiger partial charge in [0, 0.05) is 0 Å². The van der Waals surface area contributed by atoms with Gasteiger partial charge in [-0.25, -0.2) is 0 Å². The first-order valence-corrected chi connectivity index (χ1v) is 0. The first-order valence-electron chi connectivity index (χ1n) is 0. The zero-order valence-electron chi connectivity index (χ0n) is 2.85. The Bertz CT molecular complexity index is 7.51. The van der Waals surface area contributed by atoms with Crippen LogP contribution in [-0.4, -0.2) is 0 Å². The molecule has 6 heteroatoms. The van der Waals surface area contributed by atoms with Gasteiger partial charge in [-0.3, -0.25) is 0 Å². The fourth-order valence-corrected chi connectivity index (χ4v) is 0. The van der Waals surface area contributed by atoms with E-state index in [2.05, 4.69) is 0 Å². The molecule has 0 heterocycles. The second-order valence-corrected chi connectivity index (χ2v) is 0.